The van der Waals surface area contributed by atoms with Crippen molar-refractivity contribution in [3.63, 3.8) is 0 Å². The third kappa shape index (κ3) is 1.42. The molecule has 0 aliphatic carbocycles. The molecule has 1 rings (SSSR count). The maximum absolute atomic E-state index is 4.02. The first-order valence-electron chi connectivity index (χ1n) is 2.78. The lowest BCUT2D eigenvalue weighted by molar-refractivity contribution is 1.20. The van der Waals surface area contributed by atoms with Gasteiger partial charge >= 0.3 is 0 Å². The van der Waals surface area contributed by atoms with Crippen LogP contribution in [0.1, 0.15) is 5.69 Å². The van der Waals surface area contributed by atoms with E-state index in [4.69, 9.17) is 0 Å². The van der Waals surface area contributed by atoms with Crippen LogP contribution in [0.5, 0.6) is 0 Å². The zero-order chi connectivity index (χ0) is 6.69. The number of hydrogen-bond donors (Lipinski definition) is 1. The van der Waals surface area contributed by atoms with E-state index < -0.39 is 0 Å². The second-order valence-electron chi connectivity index (χ2n) is 1.86. The monoisotopic (exact) mass is 121 g/mol. The quantitative estimate of drug-likeness (QED) is 0.610. The minimum Gasteiger partial charge on any atom is -0.383 e. The number of nitrogens with zero attached hydrogens (tertiary/aromatic N) is 1. The second-order valence-corrected chi connectivity index (χ2v) is 1.86. The lowest BCUT2D eigenvalue weighted by atomic mass is 10.3. The summed E-state index contributed by atoms with van der Waals surface area (Å²) in [5.41, 5.74) is 2.01. The molecule has 0 aliphatic heterocycles. The molecule has 2 nitrogen and oxygen atoms in total. The molecule has 0 aromatic carbocycles. The first kappa shape index (κ1) is 6.08. The van der Waals surface area contributed by atoms with Crippen LogP contribution in [0, 0.1) is 14.0 Å². The number of hydrogen-bond acceptors (Lipinski definition) is 2. The molecule has 0 saturated heterocycles. The van der Waals surface area contributed by atoms with Gasteiger partial charge in [0.25, 0.3) is 0 Å². The lowest BCUT2D eigenvalue weighted by Crippen LogP contribution is -1.86. The fourth-order valence-electron chi connectivity index (χ4n) is 0.656. The molecule has 0 atom stereocenters. The molecule has 0 spiro atoms. The van der Waals surface area contributed by atoms with E-state index >= 15 is 0 Å². The van der Waals surface area contributed by atoms with Crippen molar-refractivity contribution in [1.29, 1.82) is 0 Å². The van der Waals surface area contributed by atoms with Crippen LogP contribution in [0.2, 0.25) is 0 Å². The van der Waals surface area contributed by atoms with Gasteiger partial charge in [0.05, 0.1) is 0 Å². The van der Waals surface area contributed by atoms with E-state index in [0.29, 0.717) is 0 Å². The van der Waals surface area contributed by atoms with Crippen LogP contribution in [0.15, 0.2) is 18.3 Å². The van der Waals surface area contributed by atoms with Crippen LogP contribution < -0.4 is 5.32 Å². The summed E-state index contributed by atoms with van der Waals surface area (Å²) in [6.45, 7) is 1.95. The van der Waals surface area contributed by atoms with Gasteiger partial charge in [0.15, 0.2) is 0 Å². The molecule has 0 bridgehead atoms. The molecule has 2 heteroatoms. The largest absolute Gasteiger partial charge is 0.383 e. The summed E-state index contributed by atoms with van der Waals surface area (Å²) in [5, 5.41) is 2.78. The summed E-state index contributed by atoms with van der Waals surface area (Å²) in [6.07, 6.45) is 1.75. The highest BCUT2D eigenvalue weighted by Crippen LogP contribution is 2.04. The summed E-state index contributed by atoms with van der Waals surface area (Å²) in [6, 6.07) is 3.81. The predicted octanol–water partition coefficient (Wildman–Crippen LogP) is 1.59. The van der Waals surface area contributed by atoms with Gasteiger partial charge in [-0.25, -0.2) is 0 Å². The predicted molar refractivity (Wildman–Crippen MR) is 38.0 cm³/mol. The van der Waals surface area contributed by atoms with E-state index in [-0.39, 0.29) is 0 Å². The van der Waals surface area contributed by atoms with Crippen LogP contribution in [0.4, 0.5) is 5.69 Å². The average Bonchev–Trinajstić information content (AvgIpc) is 1.88. The van der Waals surface area contributed by atoms with Crippen molar-refractivity contribution in [2.24, 2.45) is 0 Å². The Labute approximate surface area is 54.9 Å². The van der Waals surface area contributed by atoms with Gasteiger partial charge < -0.3 is 5.32 Å². The van der Waals surface area contributed by atoms with Gasteiger partial charge in [-0.2, -0.15) is 0 Å². The molecule has 0 unspecified atom stereocenters. The molecule has 0 fully saturated rings. The van der Waals surface area contributed by atoms with Crippen LogP contribution in [0.3, 0.4) is 0 Å². The first-order chi connectivity index (χ1) is 4.33. The topological polar surface area (TPSA) is 24.9 Å². The Hall–Kier alpha value is -1.05. The van der Waals surface area contributed by atoms with E-state index in [1.165, 1.54) is 0 Å². The summed E-state index contributed by atoms with van der Waals surface area (Å²) < 4.78 is 0. The molecule has 0 aliphatic rings. The van der Waals surface area contributed by atoms with Gasteiger partial charge in [0.1, 0.15) is 0 Å². The number of nitrogens with one attached hydrogen (secondary N) is 1. The minimum absolute atomic E-state index is 1.00. The van der Waals surface area contributed by atoms with Crippen molar-refractivity contribution < 1.29 is 0 Å². The van der Waals surface area contributed by atoms with Gasteiger partial charge in [-0.3, -0.25) is 4.98 Å². The van der Waals surface area contributed by atoms with Crippen molar-refractivity contribution >= 4 is 5.69 Å². The zero-order valence-corrected chi connectivity index (χ0v) is 5.39. The number of anilines is 1. The highest BCUT2D eigenvalue weighted by Gasteiger charge is 1.86. The highest BCUT2D eigenvalue weighted by molar-refractivity contribution is 5.42. The Morgan fingerprint density at radius 3 is 2.89 bits per heavy atom. The first-order valence-corrected chi connectivity index (χ1v) is 2.78. The van der Waals surface area contributed by atoms with Crippen LogP contribution in [-0.2, 0) is 0 Å². The van der Waals surface area contributed by atoms with Gasteiger partial charge in [-0.05, 0) is 19.1 Å². The van der Waals surface area contributed by atoms with Crippen molar-refractivity contribution in [1.82, 2.24) is 4.98 Å². The average molecular weight is 121 g/mol. The third-order valence-electron chi connectivity index (χ3n) is 1.10. The van der Waals surface area contributed by atoms with Crippen molar-refractivity contribution in [3.05, 3.63) is 31.1 Å². The Balaban J connectivity index is 2.94. The maximum Gasteiger partial charge on any atom is 0.0393 e. The standard InChI is InChI=1S/C7H9N2/c1-6-5-7(8-2)3-4-9-6/h3-5H,2H2,1H3,(H,8,9). The second kappa shape index (κ2) is 2.49. The third-order valence-corrected chi connectivity index (χ3v) is 1.10. The number of rotatable bonds is 1. The highest BCUT2D eigenvalue weighted by atomic mass is 14.8. The van der Waals surface area contributed by atoms with Crippen molar-refractivity contribution in [2.75, 3.05) is 5.32 Å². The molecule has 1 heterocycles. The van der Waals surface area contributed by atoms with E-state index in [9.17, 15) is 0 Å². The number of aryl methyl sites for hydroxylation is 1. The van der Waals surface area contributed by atoms with Crippen LogP contribution >= 0.6 is 0 Å². The number of pyridine rings is 1. The van der Waals surface area contributed by atoms with Crippen LogP contribution in [-0.4, -0.2) is 4.98 Å². The maximum atomic E-state index is 4.02. The molecule has 1 aromatic heterocycles. The molecule has 47 valence electrons. The minimum atomic E-state index is 1.00. The normalized spacial score (nSPS) is 9.11. The molecule has 1 aromatic rings. The molecule has 0 saturated carbocycles. The Morgan fingerprint density at radius 2 is 2.44 bits per heavy atom. The van der Waals surface area contributed by atoms with E-state index in [2.05, 4.69) is 17.3 Å². The smallest absolute Gasteiger partial charge is 0.0393 e. The number of aromatic nitrogens is 1. The van der Waals surface area contributed by atoms with Gasteiger partial charge in [0.2, 0.25) is 0 Å². The molecule has 1 radical (unpaired) electrons. The zero-order valence-electron chi connectivity index (χ0n) is 5.39. The van der Waals surface area contributed by atoms with E-state index in [0.717, 1.165) is 11.4 Å². The van der Waals surface area contributed by atoms with Crippen molar-refractivity contribution in [3.8, 4) is 0 Å². The van der Waals surface area contributed by atoms with Gasteiger partial charge in [0, 0.05) is 24.6 Å². The molecular weight excluding hydrogens is 112 g/mol. The van der Waals surface area contributed by atoms with Crippen LogP contribution in [0.25, 0.3) is 0 Å². The van der Waals surface area contributed by atoms with Gasteiger partial charge in [-0.15, -0.1) is 0 Å². The fraction of sp³-hybridized carbons (Fsp3) is 0.143. The van der Waals surface area contributed by atoms with Gasteiger partial charge in [-0.1, -0.05) is 0 Å². The Bertz CT molecular complexity index is 196. The van der Waals surface area contributed by atoms with Crippen molar-refractivity contribution in [2.45, 2.75) is 6.92 Å². The Kier molecular flexibility index (Phi) is 1.68. The summed E-state index contributed by atoms with van der Waals surface area (Å²) in [4.78, 5) is 4.02. The SMILES string of the molecule is [CH2]Nc1ccnc(C)c1. The lowest BCUT2D eigenvalue weighted by Gasteiger charge is -1.97. The fourth-order valence-corrected chi connectivity index (χ4v) is 0.656. The van der Waals surface area contributed by atoms with E-state index in [1.807, 2.05) is 19.1 Å². The molecule has 9 heavy (non-hydrogen) atoms. The molecule has 0 amide bonds. The molecular formula is C7H9N2. The summed E-state index contributed by atoms with van der Waals surface area (Å²) in [5.74, 6) is 0. The summed E-state index contributed by atoms with van der Waals surface area (Å²) in [7, 11) is 3.52. The molecule has 1 N–H and O–H groups in total. The summed E-state index contributed by atoms with van der Waals surface area (Å²) >= 11 is 0. The Morgan fingerprint density at radius 1 is 1.67 bits per heavy atom. The van der Waals surface area contributed by atoms with E-state index in [1.54, 1.807) is 6.20 Å².